The number of nitrogens with zero attached hydrogens (tertiary/aromatic N) is 3. The second kappa shape index (κ2) is 6.22. The molecule has 3 N–H and O–H groups in total. The van der Waals surface area contributed by atoms with Crippen molar-refractivity contribution in [1.82, 2.24) is 25.4 Å². The number of hydrogen-bond acceptors (Lipinski definition) is 4. The smallest absolute Gasteiger partial charge is 0.134 e. The second-order valence-corrected chi connectivity index (χ2v) is 8.51. The normalized spacial score (nSPS) is 32.8. The standard InChI is InChI=1S/C19H25ClN6/c1-10-15(9-26(2)25-10)17-5-14-18(16(20)8-22-19(14)24-17)23-13-3-11-6-21-7-12(11)4-13/h5,8-9,11-13,16,18,21,23-24H,3-4,6-7H2,1-2H3. The van der Waals surface area contributed by atoms with Gasteiger partial charge in [0.25, 0.3) is 0 Å². The molecule has 4 heterocycles. The Kier molecular flexibility index (Phi) is 3.95. The van der Waals surface area contributed by atoms with Crippen molar-refractivity contribution in [3.8, 4) is 11.3 Å². The Labute approximate surface area is 158 Å². The number of aromatic nitrogens is 3. The van der Waals surface area contributed by atoms with Crippen molar-refractivity contribution in [1.29, 1.82) is 0 Å². The molecule has 7 heteroatoms. The van der Waals surface area contributed by atoms with Gasteiger partial charge in [0, 0.05) is 36.6 Å². The number of aromatic amines is 1. The summed E-state index contributed by atoms with van der Waals surface area (Å²) in [7, 11) is 1.95. The Morgan fingerprint density at radius 2 is 2.04 bits per heavy atom. The summed E-state index contributed by atoms with van der Waals surface area (Å²) >= 11 is 6.65. The van der Waals surface area contributed by atoms with Gasteiger partial charge in [-0.15, -0.1) is 11.6 Å². The SMILES string of the molecule is Cc1nn(C)cc1-c1cc2c([nH]1)N=CC(Cl)C2NC1CC2CNCC2C1. The minimum absolute atomic E-state index is 0.0999. The molecule has 2 fully saturated rings. The van der Waals surface area contributed by atoms with E-state index in [-0.39, 0.29) is 11.4 Å². The number of halogens is 1. The number of aryl methyl sites for hydroxylation is 2. The largest absolute Gasteiger partial charge is 0.339 e. The van der Waals surface area contributed by atoms with Gasteiger partial charge in [0.15, 0.2) is 0 Å². The molecule has 26 heavy (non-hydrogen) atoms. The van der Waals surface area contributed by atoms with E-state index in [1.807, 2.05) is 31.1 Å². The molecule has 4 atom stereocenters. The summed E-state index contributed by atoms with van der Waals surface area (Å²) in [5.74, 6) is 2.55. The first-order valence-electron chi connectivity index (χ1n) is 9.47. The van der Waals surface area contributed by atoms with E-state index in [0.29, 0.717) is 6.04 Å². The molecule has 138 valence electrons. The average molecular weight is 373 g/mol. The summed E-state index contributed by atoms with van der Waals surface area (Å²) in [6, 6.07) is 2.83. The zero-order chi connectivity index (χ0) is 17.8. The molecule has 2 aromatic rings. The Bertz CT molecular complexity index is 840. The quantitative estimate of drug-likeness (QED) is 0.725. The van der Waals surface area contributed by atoms with Crippen molar-refractivity contribution in [2.45, 2.75) is 37.2 Å². The molecular formula is C19H25ClN6. The first-order valence-corrected chi connectivity index (χ1v) is 9.90. The predicted octanol–water partition coefficient (Wildman–Crippen LogP) is 2.68. The van der Waals surface area contributed by atoms with Crippen molar-refractivity contribution in [2.24, 2.45) is 23.9 Å². The highest BCUT2D eigenvalue weighted by Crippen LogP contribution is 2.40. The molecule has 5 rings (SSSR count). The summed E-state index contributed by atoms with van der Waals surface area (Å²) < 4.78 is 1.85. The maximum absolute atomic E-state index is 6.65. The molecule has 0 aromatic carbocycles. The van der Waals surface area contributed by atoms with Crippen LogP contribution < -0.4 is 10.6 Å². The summed E-state index contributed by atoms with van der Waals surface area (Å²) in [5, 5.41) is 11.7. The number of rotatable bonds is 3. The summed E-state index contributed by atoms with van der Waals surface area (Å²) in [6.45, 7) is 4.36. The monoisotopic (exact) mass is 372 g/mol. The van der Waals surface area contributed by atoms with Crippen molar-refractivity contribution < 1.29 is 0 Å². The van der Waals surface area contributed by atoms with E-state index >= 15 is 0 Å². The topological polar surface area (TPSA) is 70.0 Å². The van der Waals surface area contributed by atoms with Gasteiger partial charge in [-0.2, -0.15) is 5.10 Å². The third-order valence-electron chi connectivity index (χ3n) is 6.20. The van der Waals surface area contributed by atoms with E-state index in [1.54, 1.807) is 0 Å². The maximum atomic E-state index is 6.65. The van der Waals surface area contributed by atoms with Crippen LogP contribution in [-0.2, 0) is 7.05 Å². The van der Waals surface area contributed by atoms with Crippen molar-refractivity contribution >= 4 is 23.6 Å². The molecule has 3 aliphatic rings. The number of fused-ring (bicyclic) bond motifs is 2. The van der Waals surface area contributed by atoms with Gasteiger partial charge in [-0.3, -0.25) is 4.68 Å². The zero-order valence-electron chi connectivity index (χ0n) is 15.2. The summed E-state index contributed by atoms with van der Waals surface area (Å²) in [5.41, 5.74) is 4.35. The average Bonchev–Trinajstić information content (AvgIpc) is 3.32. The van der Waals surface area contributed by atoms with Gasteiger partial charge in [0.1, 0.15) is 5.82 Å². The molecule has 6 nitrogen and oxygen atoms in total. The van der Waals surface area contributed by atoms with Crippen molar-refractivity contribution in [3.63, 3.8) is 0 Å². The van der Waals surface area contributed by atoms with Crippen LogP contribution in [0.4, 0.5) is 5.82 Å². The number of alkyl halides is 1. The summed E-state index contributed by atoms with van der Waals surface area (Å²) in [6.07, 6.45) is 6.38. The maximum Gasteiger partial charge on any atom is 0.134 e. The van der Waals surface area contributed by atoms with Crippen LogP contribution in [0.15, 0.2) is 17.3 Å². The number of nitrogens with one attached hydrogen (secondary N) is 3. The van der Waals surface area contributed by atoms with Crippen LogP contribution in [0.3, 0.4) is 0 Å². The van der Waals surface area contributed by atoms with Gasteiger partial charge in [-0.25, -0.2) is 4.99 Å². The molecule has 1 saturated heterocycles. The molecule has 2 aliphatic heterocycles. The minimum atomic E-state index is -0.125. The van der Waals surface area contributed by atoms with Crippen molar-refractivity contribution in [3.05, 3.63) is 23.5 Å². The molecular weight excluding hydrogens is 348 g/mol. The Hall–Kier alpha value is -1.63. The van der Waals surface area contributed by atoms with Crippen LogP contribution in [0, 0.1) is 18.8 Å². The fraction of sp³-hybridized carbons (Fsp3) is 0.579. The lowest BCUT2D eigenvalue weighted by molar-refractivity contribution is 0.427. The number of aliphatic imine (C=N–C) groups is 1. The minimum Gasteiger partial charge on any atom is -0.339 e. The van der Waals surface area contributed by atoms with E-state index in [0.717, 1.165) is 34.6 Å². The number of H-pyrrole nitrogens is 1. The highest BCUT2D eigenvalue weighted by atomic mass is 35.5. The molecule has 1 saturated carbocycles. The van der Waals surface area contributed by atoms with Crippen LogP contribution in [0.2, 0.25) is 0 Å². The Morgan fingerprint density at radius 3 is 2.73 bits per heavy atom. The van der Waals surface area contributed by atoms with E-state index in [9.17, 15) is 0 Å². The molecule has 0 spiro atoms. The van der Waals surface area contributed by atoms with Crippen LogP contribution in [0.5, 0.6) is 0 Å². The van der Waals surface area contributed by atoms with Gasteiger partial charge >= 0.3 is 0 Å². The van der Waals surface area contributed by atoms with Crippen molar-refractivity contribution in [2.75, 3.05) is 13.1 Å². The fourth-order valence-corrected chi connectivity index (χ4v) is 5.22. The lowest BCUT2D eigenvalue weighted by atomic mass is 10.0. The van der Waals surface area contributed by atoms with Crippen LogP contribution >= 0.6 is 11.6 Å². The van der Waals surface area contributed by atoms with E-state index < -0.39 is 0 Å². The van der Waals surface area contributed by atoms with E-state index in [4.69, 9.17) is 11.6 Å². The second-order valence-electron chi connectivity index (χ2n) is 8.00. The third-order valence-corrected chi connectivity index (χ3v) is 6.56. The zero-order valence-corrected chi connectivity index (χ0v) is 15.9. The van der Waals surface area contributed by atoms with Crippen LogP contribution in [-0.4, -0.2) is 45.5 Å². The first-order chi connectivity index (χ1) is 12.6. The molecule has 0 bridgehead atoms. The molecule has 4 unspecified atom stereocenters. The lowest BCUT2D eigenvalue weighted by Crippen LogP contribution is -2.38. The molecule has 0 radical (unpaired) electrons. The Morgan fingerprint density at radius 1 is 1.27 bits per heavy atom. The van der Waals surface area contributed by atoms with Gasteiger partial charge in [0.2, 0.25) is 0 Å². The van der Waals surface area contributed by atoms with E-state index in [2.05, 4.69) is 31.8 Å². The third kappa shape index (κ3) is 2.71. The predicted molar refractivity (Wildman–Crippen MR) is 104 cm³/mol. The highest BCUT2D eigenvalue weighted by molar-refractivity contribution is 6.29. The van der Waals surface area contributed by atoms with Gasteiger partial charge in [0.05, 0.1) is 22.8 Å². The lowest BCUT2D eigenvalue weighted by Gasteiger charge is -2.27. The fourth-order valence-electron chi connectivity index (χ4n) is 4.95. The highest BCUT2D eigenvalue weighted by Gasteiger charge is 2.39. The van der Waals surface area contributed by atoms with Gasteiger partial charge in [-0.05, 0) is 50.8 Å². The Balaban J connectivity index is 1.41. The first kappa shape index (κ1) is 16.5. The summed E-state index contributed by atoms with van der Waals surface area (Å²) in [4.78, 5) is 8.01. The molecule has 1 aliphatic carbocycles. The number of hydrogen-bond donors (Lipinski definition) is 3. The van der Waals surface area contributed by atoms with Crippen LogP contribution in [0.25, 0.3) is 11.3 Å². The van der Waals surface area contributed by atoms with E-state index in [1.165, 1.54) is 31.5 Å². The van der Waals surface area contributed by atoms with Gasteiger partial charge < -0.3 is 15.6 Å². The molecule has 2 aromatic heterocycles. The van der Waals surface area contributed by atoms with Crippen LogP contribution in [0.1, 0.15) is 30.1 Å². The van der Waals surface area contributed by atoms with Gasteiger partial charge in [-0.1, -0.05) is 0 Å². The molecule has 0 amide bonds.